The highest BCUT2D eigenvalue weighted by molar-refractivity contribution is 5.94. The molecule has 20 heavy (non-hydrogen) atoms. The number of carbonyl (C=O) groups is 1. The average Bonchev–Trinajstić information content (AvgIpc) is 2.44. The number of carbonyl (C=O) groups excluding carboxylic acids is 1. The quantitative estimate of drug-likeness (QED) is 0.867. The largest absolute Gasteiger partial charge is 0.486 e. The van der Waals surface area contributed by atoms with Crippen LogP contribution in [-0.2, 0) is 0 Å². The van der Waals surface area contributed by atoms with Crippen LogP contribution in [0.3, 0.4) is 0 Å². The lowest BCUT2D eigenvalue weighted by atomic mass is 10.1. The number of amides is 1. The molecule has 0 unspecified atom stereocenters. The van der Waals surface area contributed by atoms with Crippen molar-refractivity contribution in [1.82, 2.24) is 10.6 Å². The first kappa shape index (κ1) is 16.6. The molecule has 6 heteroatoms. The maximum atomic E-state index is 12.0. The van der Waals surface area contributed by atoms with Crippen molar-refractivity contribution in [2.45, 2.75) is 19.9 Å². The van der Waals surface area contributed by atoms with Crippen molar-refractivity contribution in [1.29, 1.82) is 0 Å². The first-order chi connectivity index (χ1) is 9.20. The summed E-state index contributed by atoms with van der Waals surface area (Å²) in [6, 6.07) is 5.51. The van der Waals surface area contributed by atoms with Crippen LogP contribution >= 0.6 is 12.4 Å². The zero-order valence-electron chi connectivity index (χ0n) is 11.8. The second-order valence-corrected chi connectivity index (χ2v) is 4.53. The van der Waals surface area contributed by atoms with Gasteiger partial charge in [0.05, 0.1) is 0 Å². The van der Waals surface area contributed by atoms with Crippen LogP contribution in [0.1, 0.15) is 24.2 Å². The fourth-order valence-corrected chi connectivity index (χ4v) is 1.95. The molecule has 1 aromatic carbocycles. The molecule has 0 spiro atoms. The van der Waals surface area contributed by atoms with E-state index < -0.39 is 0 Å². The summed E-state index contributed by atoms with van der Waals surface area (Å²) < 4.78 is 10.9. The van der Waals surface area contributed by atoms with Crippen molar-refractivity contribution >= 4 is 18.3 Å². The second-order valence-electron chi connectivity index (χ2n) is 4.53. The predicted molar refractivity (Wildman–Crippen MR) is 80.2 cm³/mol. The van der Waals surface area contributed by atoms with Gasteiger partial charge in [-0.25, -0.2) is 0 Å². The standard InChI is InChI=1S/C14H20N2O3.ClH/c1-3-15-10(2)9-16-14(17)11-4-5-12-13(8-11)19-7-6-18-12;/h4-5,8,10,15H,3,6-7,9H2,1-2H3,(H,16,17);1H/t10-;/m1./s1. The lowest BCUT2D eigenvalue weighted by Crippen LogP contribution is -2.38. The smallest absolute Gasteiger partial charge is 0.251 e. The molecule has 0 saturated heterocycles. The van der Waals surface area contributed by atoms with Crippen molar-refractivity contribution in [3.63, 3.8) is 0 Å². The van der Waals surface area contributed by atoms with E-state index in [0.29, 0.717) is 36.8 Å². The second kappa shape index (κ2) is 7.97. The summed E-state index contributed by atoms with van der Waals surface area (Å²) in [6.07, 6.45) is 0. The van der Waals surface area contributed by atoms with E-state index >= 15 is 0 Å². The number of benzene rings is 1. The Bertz CT molecular complexity index is 454. The van der Waals surface area contributed by atoms with Crippen LogP contribution in [0.15, 0.2) is 18.2 Å². The highest BCUT2D eigenvalue weighted by Gasteiger charge is 2.15. The SMILES string of the molecule is CCN[C@H](C)CNC(=O)c1ccc2c(c1)OCCO2.Cl. The maximum Gasteiger partial charge on any atom is 0.251 e. The molecule has 1 heterocycles. The number of hydrogen-bond donors (Lipinski definition) is 2. The van der Waals surface area contributed by atoms with Crippen LogP contribution in [0.5, 0.6) is 11.5 Å². The van der Waals surface area contributed by atoms with Crippen molar-refractivity contribution in [2.75, 3.05) is 26.3 Å². The Morgan fingerprint density at radius 1 is 1.30 bits per heavy atom. The van der Waals surface area contributed by atoms with Gasteiger partial charge in [-0.2, -0.15) is 0 Å². The fourth-order valence-electron chi connectivity index (χ4n) is 1.95. The van der Waals surface area contributed by atoms with Gasteiger partial charge in [0.15, 0.2) is 11.5 Å². The number of nitrogens with one attached hydrogen (secondary N) is 2. The van der Waals surface area contributed by atoms with Crippen LogP contribution in [0, 0.1) is 0 Å². The molecule has 0 saturated carbocycles. The monoisotopic (exact) mass is 300 g/mol. The molecule has 1 aliphatic heterocycles. The predicted octanol–water partition coefficient (Wildman–Crippen LogP) is 1.61. The van der Waals surface area contributed by atoms with Crippen molar-refractivity contribution in [3.05, 3.63) is 23.8 Å². The molecule has 0 aliphatic carbocycles. The van der Waals surface area contributed by atoms with Gasteiger partial charge in [-0.1, -0.05) is 6.92 Å². The Labute approximate surface area is 125 Å². The Balaban J connectivity index is 0.00000200. The van der Waals surface area contributed by atoms with Crippen molar-refractivity contribution in [2.24, 2.45) is 0 Å². The topological polar surface area (TPSA) is 59.6 Å². The van der Waals surface area contributed by atoms with Crippen molar-refractivity contribution < 1.29 is 14.3 Å². The number of hydrogen-bond acceptors (Lipinski definition) is 4. The molecule has 0 bridgehead atoms. The van der Waals surface area contributed by atoms with E-state index in [2.05, 4.69) is 10.6 Å². The molecule has 1 aromatic rings. The van der Waals surface area contributed by atoms with Gasteiger partial charge in [0, 0.05) is 18.2 Å². The lowest BCUT2D eigenvalue weighted by molar-refractivity contribution is 0.0949. The van der Waals surface area contributed by atoms with Gasteiger partial charge in [0.2, 0.25) is 0 Å². The molecule has 2 N–H and O–H groups in total. The summed E-state index contributed by atoms with van der Waals surface area (Å²) in [4.78, 5) is 12.0. The molecule has 1 atom stereocenters. The third-order valence-electron chi connectivity index (χ3n) is 2.93. The molecular formula is C14H21ClN2O3. The lowest BCUT2D eigenvalue weighted by Gasteiger charge is -2.19. The summed E-state index contributed by atoms with van der Waals surface area (Å²) in [5.74, 6) is 1.24. The molecule has 0 radical (unpaired) electrons. The van der Waals surface area contributed by atoms with Gasteiger partial charge in [-0.05, 0) is 31.7 Å². The van der Waals surface area contributed by atoms with Gasteiger partial charge in [0.1, 0.15) is 13.2 Å². The zero-order valence-corrected chi connectivity index (χ0v) is 12.6. The van der Waals surface area contributed by atoms with Crippen LogP contribution in [0.25, 0.3) is 0 Å². The summed E-state index contributed by atoms with van der Waals surface area (Å²) in [6.45, 7) is 6.64. The molecule has 0 aromatic heterocycles. The van der Waals surface area contributed by atoms with E-state index in [1.54, 1.807) is 18.2 Å². The molecular weight excluding hydrogens is 280 g/mol. The van der Waals surface area contributed by atoms with E-state index in [4.69, 9.17) is 9.47 Å². The highest BCUT2D eigenvalue weighted by Crippen LogP contribution is 2.30. The minimum Gasteiger partial charge on any atom is -0.486 e. The molecule has 5 nitrogen and oxygen atoms in total. The zero-order chi connectivity index (χ0) is 13.7. The van der Waals surface area contributed by atoms with E-state index in [1.165, 1.54) is 0 Å². The first-order valence-corrected chi connectivity index (χ1v) is 6.62. The van der Waals surface area contributed by atoms with E-state index in [9.17, 15) is 4.79 Å². The summed E-state index contributed by atoms with van der Waals surface area (Å²) >= 11 is 0. The van der Waals surface area contributed by atoms with Gasteiger partial charge in [-0.3, -0.25) is 4.79 Å². The number of ether oxygens (including phenoxy) is 2. The van der Waals surface area contributed by atoms with E-state index in [0.717, 1.165) is 6.54 Å². The fraction of sp³-hybridized carbons (Fsp3) is 0.500. The summed E-state index contributed by atoms with van der Waals surface area (Å²) in [7, 11) is 0. The minimum absolute atomic E-state index is 0. The number of likely N-dealkylation sites (N-methyl/N-ethyl adjacent to an activating group) is 1. The number of rotatable bonds is 5. The maximum absolute atomic E-state index is 12.0. The Kier molecular flexibility index (Phi) is 6.61. The van der Waals surface area contributed by atoms with Crippen LogP contribution in [0.4, 0.5) is 0 Å². The average molecular weight is 301 g/mol. The van der Waals surface area contributed by atoms with E-state index in [-0.39, 0.29) is 24.4 Å². The highest BCUT2D eigenvalue weighted by atomic mass is 35.5. The molecule has 2 rings (SSSR count). The van der Waals surface area contributed by atoms with Gasteiger partial charge in [0.25, 0.3) is 5.91 Å². The number of fused-ring (bicyclic) bond motifs is 1. The molecule has 112 valence electrons. The van der Waals surface area contributed by atoms with Crippen LogP contribution in [-0.4, -0.2) is 38.3 Å². The summed E-state index contributed by atoms with van der Waals surface area (Å²) in [5, 5.41) is 6.14. The normalized spacial score (nSPS) is 14.1. The van der Waals surface area contributed by atoms with Crippen LogP contribution < -0.4 is 20.1 Å². The Hall–Kier alpha value is -1.46. The molecule has 0 fully saturated rings. The van der Waals surface area contributed by atoms with Gasteiger partial charge >= 0.3 is 0 Å². The third kappa shape index (κ3) is 4.28. The minimum atomic E-state index is -0.0956. The molecule has 1 amide bonds. The van der Waals surface area contributed by atoms with Gasteiger partial charge in [-0.15, -0.1) is 12.4 Å². The summed E-state index contributed by atoms with van der Waals surface area (Å²) in [5.41, 5.74) is 0.591. The first-order valence-electron chi connectivity index (χ1n) is 6.62. The number of halogens is 1. The van der Waals surface area contributed by atoms with Crippen molar-refractivity contribution in [3.8, 4) is 11.5 Å². The Morgan fingerprint density at radius 3 is 2.70 bits per heavy atom. The third-order valence-corrected chi connectivity index (χ3v) is 2.93. The molecule has 1 aliphatic rings. The Morgan fingerprint density at radius 2 is 2.00 bits per heavy atom. The van der Waals surface area contributed by atoms with Gasteiger partial charge < -0.3 is 20.1 Å². The van der Waals surface area contributed by atoms with E-state index in [1.807, 2.05) is 13.8 Å². The van der Waals surface area contributed by atoms with Crippen LogP contribution in [0.2, 0.25) is 0 Å².